The number of carbonyl (C=O) groups excluding carboxylic acids is 1. The predicted molar refractivity (Wildman–Crippen MR) is 79.4 cm³/mol. The molecule has 0 aliphatic carbocycles. The third-order valence-electron chi connectivity index (χ3n) is 3.00. The van der Waals surface area contributed by atoms with Crippen LogP contribution in [0.3, 0.4) is 0 Å². The normalized spacial score (nSPS) is 10.3. The van der Waals surface area contributed by atoms with E-state index in [1.165, 1.54) is 18.2 Å². The molecule has 0 fully saturated rings. The minimum Gasteiger partial charge on any atom is -0.494 e. The van der Waals surface area contributed by atoms with Crippen LogP contribution in [0.5, 0.6) is 5.75 Å². The molecule has 1 aromatic heterocycles. The van der Waals surface area contributed by atoms with Gasteiger partial charge in [0.25, 0.3) is 11.6 Å². The van der Waals surface area contributed by atoms with Gasteiger partial charge < -0.3 is 15.6 Å². The summed E-state index contributed by atoms with van der Waals surface area (Å²) >= 11 is 0. The monoisotopic (exact) mass is 335 g/mol. The van der Waals surface area contributed by atoms with Crippen molar-refractivity contribution in [3.05, 3.63) is 34.0 Å². The molecule has 0 unspecified atom stereocenters. The van der Waals surface area contributed by atoms with Crippen molar-refractivity contribution in [1.82, 2.24) is 15.4 Å². The van der Waals surface area contributed by atoms with Crippen LogP contribution in [0.2, 0.25) is 0 Å². The highest BCUT2D eigenvalue weighted by atomic mass is 16.6. The van der Waals surface area contributed by atoms with Crippen molar-refractivity contribution in [3.8, 4) is 17.0 Å². The fraction of sp³-hybridized carbons (Fsp3) is 0.231. The third kappa shape index (κ3) is 3.82. The number of aromatic nitrogens is 3. The Morgan fingerprint density at radius 3 is 2.75 bits per heavy atom. The van der Waals surface area contributed by atoms with E-state index in [2.05, 4.69) is 15.4 Å². The maximum absolute atomic E-state index is 11.3. The van der Waals surface area contributed by atoms with Gasteiger partial charge in [-0.15, -0.1) is 0 Å². The molecule has 0 radical (unpaired) electrons. The number of benzene rings is 1. The van der Waals surface area contributed by atoms with Crippen molar-refractivity contribution in [3.63, 3.8) is 0 Å². The van der Waals surface area contributed by atoms with Gasteiger partial charge in [-0.1, -0.05) is 0 Å². The van der Waals surface area contributed by atoms with E-state index in [9.17, 15) is 19.7 Å². The van der Waals surface area contributed by atoms with Gasteiger partial charge in [-0.25, -0.2) is 0 Å². The molecule has 0 spiro atoms. The van der Waals surface area contributed by atoms with Crippen LogP contribution in [0.25, 0.3) is 11.3 Å². The standard InChI is InChI=1S/C13H13N5O6/c14-13(21)12-11(15-17-16-12)8-6-7(3-4-9(8)18(22)23)24-5-1-2-10(19)20/h3-4,6H,1-2,5H2,(H2,14,21)(H,19,20)(H,15,16,17). The molecule has 0 aliphatic rings. The molecule has 1 aromatic carbocycles. The predicted octanol–water partition coefficient (Wildman–Crippen LogP) is 0.722. The number of nitrogens with two attached hydrogens (primary N) is 1. The summed E-state index contributed by atoms with van der Waals surface area (Å²) in [5.74, 6) is -1.57. The first-order valence-corrected chi connectivity index (χ1v) is 6.74. The third-order valence-corrected chi connectivity index (χ3v) is 3.00. The maximum Gasteiger partial charge on any atom is 0.303 e. The van der Waals surface area contributed by atoms with E-state index in [0.717, 1.165) is 0 Å². The zero-order chi connectivity index (χ0) is 17.7. The number of rotatable bonds is 8. The number of carbonyl (C=O) groups is 2. The second-order valence-electron chi connectivity index (χ2n) is 4.67. The summed E-state index contributed by atoms with van der Waals surface area (Å²) in [7, 11) is 0. The molecule has 0 bridgehead atoms. The molecule has 4 N–H and O–H groups in total. The SMILES string of the molecule is NC(=O)c1n[nH]nc1-c1cc(OCCCC(=O)O)ccc1[N+](=O)[O-]. The second-order valence-corrected chi connectivity index (χ2v) is 4.67. The zero-order valence-corrected chi connectivity index (χ0v) is 12.3. The molecule has 126 valence electrons. The summed E-state index contributed by atoms with van der Waals surface area (Å²) in [5.41, 5.74) is 4.58. The number of amides is 1. The van der Waals surface area contributed by atoms with Crippen LogP contribution in [0.15, 0.2) is 18.2 Å². The number of H-pyrrole nitrogens is 1. The second kappa shape index (κ2) is 7.17. The number of carboxylic acids is 1. The molecule has 1 amide bonds. The first-order valence-electron chi connectivity index (χ1n) is 6.74. The lowest BCUT2D eigenvalue weighted by atomic mass is 10.1. The van der Waals surface area contributed by atoms with Gasteiger partial charge in [-0.2, -0.15) is 15.4 Å². The summed E-state index contributed by atoms with van der Waals surface area (Å²) in [6.07, 6.45) is 0.215. The Hall–Kier alpha value is -3.50. The molecule has 0 atom stereocenters. The smallest absolute Gasteiger partial charge is 0.303 e. The maximum atomic E-state index is 11.3. The lowest BCUT2D eigenvalue weighted by molar-refractivity contribution is -0.384. The molecule has 2 aromatic rings. The van der Waals surface area contributed by atoms with Crippen LogP contribution in [0.1, 0.15) is 23.3 Å². The molecule has 11 heteroatoms. The topological polar surface area (TPSA) is 174 Å². The number of nitro groups is 1. The van der Waals surface area contributed by atoms with Crippen molar-refractivity contribution in [2.24, 2.45) is 5.73 Å². The summed E-state index contributed by atoms with van der Waals surface area (Å²) < 4.78 is 5.37. The van der Waals surface area contributed by atoms with Crippen molar-refractivity contribution >= 4 is 17.6 Å². The number of nitrogens with zero attached hydrogens (tertiary/aromatic N) is 3. The van der Waals surface area contributed by atoms with Gasteiger partial charge in [-0.3, -0.25) is 19.7 Å². The van der Waals surface area contributed by atoms with Crippen molar-refractivity contribution < 1.29 is 24.4 Å². The first-order chi connectivity index (χ1) is 11.4. The largest absolute Gasteiger partial charge is 0.494 e. The highest BCUT2D eigenvalue weighted by Gasteiger charge is 2.24. The first kappa shape index (κ1) is 16.9. The van der Waals surface area contributed by atoms with Gasteiger partial charge in [0.1, 0.15) is 11.4 Å². The molecule has 0 saturated carbocycles. The van der Waals surface area contributed by atoms with E-state index in [1.807, 2.05) is 0 Å². The molecular weight excluding hydrogens is 322 g/mol. The minimum atomic E-state index is -0.948. The molecule has 11 nitrogen and oxygen atoms in total. The number of hydrogen-bond donors (Lipinski definition) is 3. The summed E-state index contributed by atoms with van der Waals surface area (Å²) in [6.45, 7) is 0.116. The Morgan fingerprint density at radius 1 is 1.38 bits per heavy atom. The summed E-state index contributed by atoms with van der Waals surface area (Å²) in [6, 6.07) is 3.89. The van der Waals surface area contributed by atoms with Crippen LogP contribution in [-0.2, 0) is 4.79 Å². The lowest BCUT2D eigenvalue weighted by Crippen LogP contribution is -2.13. The van der Waals surface area contributed by atoms with E-state index < -0.39 is 16.8 Å². The average molecular weight is 335 g/mol. The van der Waals surface area contributed by atoms with Gasteiger partial charge in [0.05, 0.1) is 17.1 Å². The molecule has 24 heavy (non-hydrogen) atoms. The van der Waals surface area contributed by atoms with Crippen LogP contribution in [0, 0.1) is 10.1 Å². The van der Waals surface area contributed by atoms with E-state index in [4.69, 9.17) is 15.6 Å². The average Bonchev–Trinajstić information content (AvgIpc) is 3.00. The van der Waals surface area contributed by atoms with Crippen LogP contribution >= 0.6 is 0 Å². The fourth-order valence-corrected chi connectivity index (χ4v) is 1.96. The van der Waals surface area contributed by atoms with E-state index in [1.54, 1.807) is 0 Å². The number of primary amides is 1. The number of aliphatic carboxylic acids is 1. The summed E-state index contributed by atoms with van der Waals surface area (Å²) in [4.78, 5) is 32.3. The zero-order valence-electron chi connectivity index (χ0n) is 12.3. The summed E-state index contributed by atoms with van der Waals surface area (Å²) in [5, 5.41) is 29.3. The molecule has 2 rings (SSSR count). The van der Waals surface area contributed by atoms with E-state index in [0.29, 0.717) is 0 Å². The lowest BCUT2D eigenvalue weighted by Gasteiger charge is -2.07. The highest BCUT2D eigenvalue weighted by Crippen LogP contribution is 2.33. The Labute approximate surface area is 134 Å². The number of ether oxygens (including phenoxy) is 1. The van der Waals surface area contributed by atoms with Crippen LogP contribution in [0.4, 0.5) is 5.69 Å². The van der Waals surface area contributed by atoms with Gasteiger partial charge in [-0.05, 0) is 18.6 Å². The Kier molecular flexibility index (Phi) is 5.04. The number of aromatic amines is 1. The molecule has 0 aliphatic heterocycles. The number of hydrogen-bond acceptors (Lipinski definition) is 7. The highest BCUT2D eigenvalue weighted by molar-refractivity contribution is 5.97. The van der Waals surface area contributed by atoms with Crippen molar-refractivity contribution in [2.75, 3.05) is 6.61 Å². The van der Waals surface area contributed by atoms with Gasteiger partial charge in [0, 0.05) is 12.5 Å². The van der Waals surface area contributed by atoms with Crippen LogP contribution in [-0.4, -0.2) is 43.9 Å². The van der Waals surface area contributed by atoms with Crippen molar-refractivity contribution in [1.29, 1.82) is 0 Å². The number of carboxylic acid groups (broad SMARTS) is 1. The van der Waals surface area contributed by atoms with Gasteiger partial charge in [0.15, 0.2) is 5.69 Å². The van der Waals surface area contributed by atoms with E-state index >= 15 is 0 Å². The molecule has 0 saturated heterocycles. The fourth-order valence-electron chi connectivity index (χ4n) is 1.96. The van der Waals surface area contributed by atoms with E-state index in [-0.39, 0.29) is 47.8 Å². The quantitative estimate of drug-likeness (QED) is 0.359. The van der Waals surface area contributed by atoms with Crippen molar-refractivity contribution in [2.45, 2.75) is 12.8 Å². The molecule has 1 heterocycles. The minimum absolute atomic E-state index is 0.0123. The van der Waals surface area contributed by atoms with Gasteiger partial charge in [0.2, 0.25) is 0 Å². The number of nitrogens with one attached hydrogen (secondary N) is 1. The van der Waals surface area contributed by atoms with Gasteiger partial charge >= 0.3 is 5.97 Å². The Morgan fingerprint density at radius 2 is 2.12 bits per heavy atom. The Bertz CT molecular complexity index is 787. The molecular formula is C13H13N5O6. The Balaban J connectivity index is 2.32. The number of nitro benzene ring substituents is 1. The van der Waals surface area contributed by atoms with Crippen LogP contribution < -0.4 is 10.5 Å².